The number of nitrogens with two attached hydrogens (primary N) is 1. The smallest absolute Gasteiger partial charge is 0.0724 e. The summed E-state index contributed by atoms with van der Waals surface area (Å²) in [5.41, 5.74) is 9.96. The fraction of sp³-hybridized carbons (Fsp3) is 0.125. The molecule has 2 heterocycles. The number of fused-ring (bicyclic) bond motifs is 1. The molecule has 0 saturated heterocycles. The van der Waals surface area contributed by atoms with Crippen LogP contribution in [-0.2, 0) is 6.54 Å². The van der Waals surface area contributed by atoms with Gasteiger partial charge in [0.15, 0.2) is 0 Å². The third kappa shape index (κ3) is 2.28. The van der Waals surface area contributed by atoms with Gasteiger partial charge in [-0.2, -0.15) is 0 Å². The van der Waals surface area contributed by atoms with Crippen LogP contribution >= 0.6 is 0 Å². The normalized spacial score (nSPS) is 10.7. The van der Waals surface area contributed by atoms with E-state index in [0.29, 0.717) is 0 Å². The maximum absolute atomic E-state index is 6.27. The lowest BCUT2D eigenvalue weighted by atomic mass is 10.1. The summed E-state index contributed by atoms with van der Waals surface area (Å²) < 4.78 is 0. The quantitative estimate of drug-likeness (QED) is 0.739. The molecule has 4 nitrogen and oxygen atoms in total. The summed E-state index contributed by atoms with van der Waals surface area (Å²) in [5.74, 6) is 0. The minimum atomic E-state index is 0.719. The molecule has 2 aromatic heterocycles. The Labute approximate surface area is 117 Å². The van der Waals surface area contributed by atoms with E-state index in [-0.39, 0.29) is 0 Å². The first-order valence-corrected chi connectivity index (χ1v) is 6.50. The highest BCUT2D eigenvalue weighted by atomic mass is 15.1. The largest absolute Gasteiger partial charge is 0.396 e. The lowest BCUT2D eigenvalue weighted by molar-refractivity contribution is 0.887. The van der Waals surface area contributed by atoms with Crippen molar-refractivity contribution < 1.29 is 0 Å². The predicted octanol–water partition coefficient (Wildman–Crippen LogP) is 2.85. The molecule has 1 aromatic carbocycles. The summed E-state index contributed by atoms with van der Waals surface area (Å²) >= 11 is 0. The molecule has 0 bridgehead atoms. The van der Waals surface area contributed by atoms with E-state index in [2.05, 4.69) is 14.9 Å². The second kappa shape index (κ2) is 5.17. The summed E-state index contributed by atoms with van der Waals surface area (Å²) in [5, 5.41) is 0.984. The fourth-order valence-electron chi connectivity index (χ4n) is 2.32. The Kier molecular flexibility index (Phi) is 3.21. The maximum Gasteiger partial charge on any atom is 0.0724 e. The van der Waals surface area contributed by atoms with Gasteiger partial charge in [-0.3, -0.25) is 9.97 Å². The highest BCUT2D eigenvalue weighted by Gasteiger charge is 2.09. The SMILES string of the molecule is CN(Cc1ccccn1)c1ccc2ncccc2c1N. The van der Waals surface area contributed by atoms with E-state index in [1.54, 1.807) is 12.4 Å². The topological polar surface area (TPSA) is 55.0 Å². The molecular formula is C16H16N4. The van der Waals surface area contributed by atoms with E-state index in [0.717, 1.165) is 34.5 Å². The van der Waals surface area contributed by atoms with Crippen LogP contribution in [0, 0.1) is 0 Å². The molecular weight excluding hydrogens is 248 g/mol. The van der Waals surface area contributed by atoms with Gasteiger partial charge in [0.05, 0.1) is 29.1 Å². The van der Waals surface area contributed by atoms with Crippen LogP contribution in [0.2, 0.25) is 0 Å². The molecule has 3 rings (SSSR count). The summed E-state index contributed by atoms with van der Waals surface area (Å²) in [6.07, 6.45) is 3.58. The van der Waals surface area contributed by atoms with Crippen LogP contribution in [0.5, 0.6) is 0 Å². The highest BCUT2D eigenvalue weighted by molar-refractivity contribution is 5.97. The fourth-order valence-corrected chi connectivity index (χ4v) is 2.32. The van der Waals surface area contributed by atoms with Crippen LogP contribution in [0.3, 0.4) is 0 Å². The Balaban J connectivity index is 1.95. The van der Waals surface area contributed by atoms with Crippen molar-refractivity contribution in [3.63, 3.8) is 0 Å². The summed E-state index contributed by atoms with van der Waals surface area (Å²) in [6, 6.07) is 13.8. The summed E-state index contributed by atoms with van der Waals surface area (Å²) in [6.45, 7) is 0.719. The van der Waals surface area contributed by atoms with E-state index < -0.39 is 0 Å². The van der Waals surface area contributed by atoms with E-state index in [1.165, 1.54) is 0 Å². The third-order valence-corrected chi connectivity index (χ3v) is 3.34. The van der Waals surface area contributed by atoms with E-state index in [9.17, 15) is 0 Å². The van der Waals surface area contributed by atoms with Gasteiger partial charge in [0.1, 0.15) is 0 Å². The molecule has 0 aliphatic rings. The Morgan fingerprint density at radius 2 is 1.85 bits per heavy atom. The molecule has 3 aromatic rings. The van der Waals surface area contributed by atoms with E-state index in [1.807, 2.05) is 49.5 Å². The summed E-state index contributed by atoms with van der Waals surface area (Å²) in [4.78, 5) is 10.8. The average molecular weight is 264 g/mol. The number of nitrogens with zero attached hydrogens (tertiary/aromatic N) is 3. The van der Waals surface area contributed by atoms with Crippen molar-refractivity contribution in [1.29, 1.82) is 0 Å². The average Bonchev–Trinajstić information content (AvgIpc) is 2.49. The molecule has 100 valence electrons. The van der Waals surface area contributed by atoms with Gasteiger partial charge in [0.2, 0.25) is 0 Å². The Morgan fingerprint density at radius 3 is 2.65 bits per heavy atom. The number of nitrogen functional groups attached to an aromatic ring is 1. The number of rotatable bonds is 3. The van der Waals surface area contributed by atoms with Crippen molar-refractivity contribution in [2.45, 2.75) is 6.54 Å². The van der Waals surface area contributed by atoms with Gasteiger partial charge in [0.25, 0.3) is 0 Å². The zero-order valence-corrected chi connectivity index (χ0v) is 11.3. The Morgan fingerprint density at radius 1 is 1.00 bits per heavy atom. The number of pyridine rings is 2. The van der Waals surface area contributed by atoms with E-state index in [4.69, 9.17) is 5.73 Å². The van der Waals surface area contributed by atoms with Crippen molar-refractivity contribution in [1.82, 2.24) is 9.97 Å². The molecule has 0 amide bonds. The van der Waals surface area contributed by atoms with Crippen LogP contribution in [0.4, 0.5) is 11.4 Å². The molecule has 4 heteroatoms. The molecule has 0 atom stereocenters. The third-order valence-electron chi connectivity index (χ3n) is 3.34. The van der Waals surface area contributed by atoms with Crippen LogP contribution in [0.15, 0.2) is 54.9 Å². The Hall–Kier alpha value is -2.62. The van der Waals surface area contributed by atoms with Crippen LogP contribution < -0.4 is 10.6 Å². The maximum atomic E-state index is 6.27. The Bertz CT molecular complexity index is 725. The first-order valence-electron chi connectivity index (χ1n) is 6.50. The van der Waals surface area contributed by atoms with Gasteiger partial charge >= 0.3 is 0 Å². The molecule has 0 unspecified atom stereocenters. The highest BCUT2D eigenvalue weighted by Crippen LogP contribution is 2.30. The molecule has 0 aliphatic heterocycles. The zero-order valence-electron chi connectivity index (χ0n) is 11.3. The monoisotopic (exact) mass is 264 g/mol. The van der Waals surface area contributed by atoms with Crippen molar-refractivity contribution in [3.05, 3.63) is 60.6 Å². The molecule has 0 saturated carbocycles. The van der Waals surface area contributed by atoms with Gasteiger partial charge in [-0.15, -0.1) is 0 Å². The lowest BCUT2D eigenvalue weighted by Gasteiger charge is -2.21. The van der Waals surface area contributed by atoms with Crippen molar-refractivity contribution >= 4 is 22.3 Å². The number of anilines is 2. The molecule has 0 radical (unpaired) electrons. The molecule has 0 fully saturated rings. The number of hydrogen-bond acceptors (Lipinski definition) is 4. The number of benzene rings is 1. The second-order valence-electron chi connectivity index (χ2n) is 4.75. The standard InChI is InChI=1S/C16H16N4/c1-20(11-12-5-2-3-9-18-12)15-8-7-14-13(16(15)17)6-4-10-19-14/h2-10H,11,17H2,1H3. The van der Waals surface area contributed by atoms with E-state index >= 15 is 0 Å². The molecule has 0 spiro atoms. The van der Waals surface area contributed by atoms with Crippen molar-refractivity contribution in [2.24, 2.45) is 0 Å². The molecule has 0 aliphatic carbocycles. The van der Waals surface area contributed by atoms with Crippen LogP contribution in [0.1, 0.15) is 5.69 Å². The second-order valence-corrected chi connectivity index (χ2v) is 4.75. The number of hydrogen-bond donors (Lipinski definition) is 1. The van der Waals surface area contributed by atoms with Crippen LogP contribution in [-0.4, -0.2) is 17.0 Å². The van der Waals surface area contributed by atoms with Gasteiger partial charge in [-0.1, -0.05) is 6.07 Å². The zero-order chi connectivity index (χ0) is 13.9. The van der Waals surface area contributed by atoms with Crippen LogP contribution in [0.25, 0.3) is 10.9 Å². The van der Waals surface area contributed by atoms with Gasteiger partial charge in [-0.05, 0) is 36.4 Å². The van der Waals surface area contributed by atoms with Gasteiger partial charge in [0, 0.05) is 24.8 Å². The van der Waals surface area contributed by atoms with Crippen molar-refractivity contribution in [3.8, 4) is 0 Å². The predicted molar refractivity (Wildman–Crippen MR) is 82.5 cm³/mol. The number of aromatic nitrogens is 2. The first kappa shape index (κ1) is 12.4. The van der Waals surface area contributed by atoms with Crippen molar-refractivity contribution in [2.75, 3.05) is 17.7 Å². The molecule has 20 heavy (non-hydrogen) atoms. The minimum Gasteiger partial charge on any atom is -0.396 e. The summed E-state index contributed by atoms with van der Waals surface area (Å²) in [7, 11) is 2.02. The minimum absolute atomic E-state index is 0.719. The van der Waals surface area contributed by atoms with Gasteiger partial charge in [-0.25, -0.2) is 0 Å². The molecule has 2 N–H and O–H groups in total. The lowest BCUT2D eigenvalue weighted by Crippen LogP contribution is -2.18. The van der Waals surface area contributed by atoms with Gasteiger partial charge < -0.3 is 10.6 Å². The first-order chi connectivity index (χ1) is 9.75.